The topological polar surface area (TPSA) is 87.6 Å². The zero-order chi connectivity index (χ0) is 15.8. The van der Waals surface area contributed by atoms with Gasteiger partial charge in [0.2, 0.25) is 0 Å². The van der Waals surface area contributed by atoms with E-state index in [-0.39, 0.29) is 18.3 Å². The molecule has 1 saturated heterocycles. The molecule has 0 aromatic carbocycles. The Balaban J connectivity index is 0.00000169. The lowest BCUT2D eigenvalue weighted by molar-refractivity contribution is 0.102. The highest BCUT2D eigenvalue weighted by molar-refractivity contribution is 6.02. The maximum absolute atomic E-state index is 12.3. The normalized spacial score (nSPS) is 25.8. The van der Waals surface area contributed by atoms with Crippen LogP contribution in [0.5, 0.6) is 0 Å². The second kappa shape index (κ2) is 6.94. The maximum atomic E-state index is 12.3. The van der Waals surface area contributed by atoms with Crippen LogP contribution in [-0.2, 0) is 0 Å². The molecule has 1 aliphatic heterocycles. The van der Waals surface area contributed by atoms with E-state index in [0.717, 1.165) is 31.6 Å². The molecule has 2 fully saturated rings. The summed E-state index contributed by atoms with van der Waals surface area (Å²) in [5, 5.41) is 17.8. The highest BCUT2D eigenvalue weighted by Gasteiger charge is 2.35. The molecule has 1 aliphatic carbocycles. The standard InChI is InChI=1S/C16H22N6O.ClH/c1-10-7-12(10)14-8-15(20-19-14)18-16(23)13-4-6-22(21-13)11-3-2-5-17-9-11;/h4,6,8,10-12,17H,2-3,5,7,9H2,1H3,(H2,18,19,20,23);1H. The summed E-state index contributed by atoms with van der Waals surface area (Å²) in [5.41, 5.74) is 1.53. The number of H-pyrrole nitrogens is 1. The van der Waals surface area contributed by atoms with Crippen molar-refractivity contribution in [3.8, 4) is 0 Å². The summed E-state index contributed by atoms with van der Waals surface area (Å²) in [6.45, 7) is 4.19. The van der Waals surface area contributed by atoms with E-state index in [1.807, 2.05) is 16.9 Å². The number of hydrogen-bond donors (Lipinski definition) is 3. The molecule has 2 aliphatic rings. The van der Waals surface area contributed by atoms with E-state index in [2.05, 4.69) is 32.9 Å². The molecule has 0 bridgehead atoms. The minimum absolute atomic E-state index is 0. The molecule has 2 aromatic rings. The lowest BCUT2D eigenvalue weighted by atomic mass is 10.1. The van der Waals surface area contributed by atoms with Crippen molar-refractivity contribution in [2.45, 2.75) is 38.1 Å². The zero-order valence-corrected chi connectivity index (χ0v) is 14.5. The van der Waals surface area contributed by atoms with E-state index < -0.39 is 0 Å². The zero-order valence-electron chi connectivity index (χ0n) is 13.7. The second-order valence-electron chi connectivity index (χ2n) is 6.66. The van der Waals surface area contributed by atoms with Gasteiger partial charge in [-0.1, -0.05) is 6.92 Å². The summed E-state index contributed by atoms with van der Waals surface area (Å²) < 4.78 is 1.89. The van der Waals surface area contributed by atoms with Gasteiger partial charge < -0.3 is 10.6 Å². The van der Waals surface area contributed by atoms with E-state index in [0.29, 0.717) is 29.4 Å². The Bertz CT molecular complexity index is 705. The fraction of sp³-hybridized carbons (Fsp3) is 0.562. The third-order valence-corrected chi connectivity index (χ3v) is 4.83. The first-order valence-corrected chi connectivity index (χ1v) is 8.33. The van der Waals surface area contributed by atoms with Crippen LogP contribution in [0.25, 0.3) is 0 Å². The highest BCUT2D eigenvalue weighted by Crippen LogP contribution is 2.46. The summed E-state index contributed by atoms with van der Waals surface area (Å²) in [4.78, 5) is 12.3. The van der Waals surface area contributed by atoms with Crippen LogP contribution in [0.1, 0.15) is 54.3 Å². The first-order valence-electron chi connectivity index (χ1n) is 8.33. The van der Waals surface area contributed by atoms with Crippen molar-refractivity contribution in [3.63, 3.8) is 0 Å². The van der Waals surface area contributed by atoms with Crippen molar-refractivity contribution in [3.05, 3.63) is 29.7 Å². The molecule has 4 rings (SSSR count). The molecule has 1 amide bonds. The first kappa shape index (κ1) is 17.0. The average molecular weight is 351 g/mol. The second-order valence-corrected chi connectivity index (χ2v) is 6.66. The largest absolute Gasteiger partial charge is 0.315 e. The van der Waals surface area contributed by atoms with Gasteiger partial charge in [0, 0.05) is 30.4 Å². The summed E-state index contributed by atoms with van der Waals surface area (Å²) in [5.74, 6) is 1.62. The molecule has 3 heterocycles. The number of aromatic nitrogens is 4. The van der Waals surface area contributed by atoms with Gasteiger partial charge in [-0.25, -0.2) is 0 Å². The van der Waals surface area contributed by atoms with Gasteiger partial charge in [-0.3, -0.25) is 14.6 Å². The fourth-order valence-corrected chi connectivity index (χ4v) is 3.25. The molecule has 7 nitrogen and oxygen atoms in total. The number of amides is 1. The van der Waals surface area contributed by atoms with Crippen LogP contribution in [0.2, 0.25) is 0 Å². The summed E-state index contributed by atoms with van der Waals surface area (Å²) in [6.07, 6.45) is 5.31. The number of aromatic amines is 1. The number of carbonyl (C=O) groups excluding carboxylic acids is 1. The van der Waals surface area contributed by atoms with Crippen molar-refractivity contribution in [1.29, 1.82) is 0 Å². The van der Waals surface area contributed by atoms with Crippen LogP contribution in [0.3, 0.4) is 0 Å². The van der Waals surface area contributed by atoms with Crippen LogP contribution >= 0.6 is 12.4 Å². The molecule has 2 aromatic heterocycles. The number of hydrogen-bond acceptors (Lipinski definition) is 4. The molecule has 3 unspecified atom stereocenters. The predicted molar refractivity (Wildman–Crippen MR) is 93.7 cm³/mol. The molecule has 24 heavy (non-hydrogen) atoms. The van der Waals surface area contributed by atoms with Gasteiger partial charge in [-0.2, -0.15) is 10.2 Å². The van der Waals surface area contributed by atoms with Crippen molar-refractivity contribution in [1.82, 2.24) is 25.3 Å². The summed E-state index contributed by atoms with van der Waals surface area (Å²) in [7, 11) is 0. The number of piperidine rings is 1. The summed E-state index contributed by atoms with van der Waals surface area (Å²) >= 11 is 0. The van der Waals surface area contributed by atoms with Crippen molar-refractivity contribution in [2.24, 2.45) is 5.92 Å². The lowest BCUT2D eigenvalue weighted by Gasteiger charge is -2.22. The van der Waals surface area contributed by atoms with Gasteiger partial charge in [0.15, 0.2) is 11.5 Å². The molecule has 0 radical (unpaired) electrons. The van der Waals surface area contributed by atoms with E-state index in [4.69, 9.17) is 0 Å². The average Bonchev–Trinajstić information content (AvgIpc) is 2.98. The summed E-state index contributed by atoms with van der Waals surface area (Å²) in [6, 6.07) is 4.02. The minimum Gasteiger partial charge on any atom is -0.315 e. The smallest absolute Gasteiger partial charge is 0.277 e. The Kier molecular flexibility index (Phi) is 4.91. The van der Waals surface area contributed by atoms with Gasteiger partial charge in [-0.05, 0) is 37.8 Å². The van der Waals surface area contributed by atoms with Crippen LogP contribution in [0.15, 0.2) is 18.3 Å². The van der Waals surface area contributed by atoms with Crippen molar-refractivity contribution >= 4 is 24.1 Å². The molecule has 130 valence electrons. The SMILES string of the molecule is CC1CC1c1cc(NC(=O)c2ccn(C3CCCNC3)n2)n[nH]1.Cl. The predicted octanol–water partition coefficient (Wildman–Crippen LogP) is 2.33. The molecular weight excluding hydrogens is 328 g/mol. The van der Waals surface area contributed by atoms with Gasteiger partial charge in [0.05, 0.1) is 6.04 Å². The van der Waals surface area contributed by atoms with E-state index in [1.54, 1.807) is 6.07 Å². The lowest BCUT2D eigenvalue weighted by Crippen LogP contribution is -2.32. The Labute approximate surface area is 147 Å². The number of halogens is 1. The number of carbonyl (C=O) groups is 1. The van der Waals surface area contributed by atoms with Gasteiger partial charge in [0.25, 0.3) is 5.91 Å². The first-order chi connectivity index (χ1) is 11.2. The molecule has 3 atom stereocenters. The third kappa shape index (κ3) is 3.47. The van der Waals surface area contributed by atoms with Crippen LogP contribution in [0, 0.1) is 5.92 Å². The van der Waals surface area contributed by atoms with Crippen molar-refractivity contribution < 1.29 is 4.79 Å². The molecule has 3 N–H and O–H groups in total. The highest BCUT2D eigenvalue weighted by atomic mass is 35.5. The fourth-order valence-electron chi connectivity index (χ4n) is 3.25. The Hall–Kier alpha value is -1.86. The van der Waals surface area contributed by atoms with Gasteiger partial charge >= 0.3 is 0 Å². The van der Waals surface area contributed by atoms with E-state index in [9.17, 15) is 4.79 Å². The monoisotopic (exact) mass is 350 g/mol. The number of rotatable bonds is 4. The molecular formula is C16H23ClN6O. The number of anilines is 1. The van der Waals surface area contributed by atoms with Gasteiger partial charge in [0.1, 0.15) is 0 Å². The van der Waals surface area contributed by atoms with E-state index in [1.165, 1.54) is 6.42 Å². The maximum Gasteiger partial charge on any atom is 0.277 e. The molecule has 1 saturated carbocycles. The third-order valence-electron chi connectivity index (χ3n) is 4.83. The van der Waals surface area contributed by atoms with Crippen molar-refractivity contribution in [2.75, 3.05) is 18.4 Å². The van der Waals surface area contributed by atoms with E-state index >= 15 is 0 Å². The molecule has 0 spiro atoms. The quantitative estimate of drug-likeness (QED) is 0.789. The number of nitrogens with one attached hydrogen (secondary N) is 3. The van der Waals surface area contributed by atoms with Crippen LogP contribution < -0.4 is 10.6 Å². The Morgan fingerprint density at radius 1 is 1.46 bits per heavy atom. The number of nitrogens with zero attached hydrogens (tertiary/aromatic N) is 3. The minimum atomic E-state index is -0.214. The molecule has 8 heteroatoms. The van der Waals surface area contributed by atoms with Crippen LogP contribution in [-0.4, -0.2) is 39.0 Å². The Morgan fingerprint density at radius 3 is 3.00 bits per heavy atom. The van der Waals surface area contributed by atoms with Crippen LogP contribution in [0.4, 0.5) is 5.82 Å². The van der Waals surface area contributed by atoms with Gasteiger partial charge in [-0.15, -0.1) is 12.4 Å². The Morgan fingerprint density at radius 2 is 2.29 bits per heavy atom.